The Morgan fingerprint density at radius 3 is 2.55 bits per heavy atom. The molecule has 1 fully saturated rings. The molecule has 0 saturated carbocycles. The molecule has 1 saturated heterocycles. The fourth-order valence-electron chi connectivity index (χ4n) is 2.82. The molecule has 1 aromatic rings. The van der Waals surface area contributed by atoms with E-state index in [1.54, 1.807) is 0 Å². The molecule has 4 heteroatoms. The fraction of sp³-hybridized carbons (Fsp3) is 0.750. The molecule has 1 aromatic heterocycles. The number of anilines is 2. The lowest BCUT2D eigenvalue weighted by Crippen LogP contribution is -2.34. The van der Waals surface area contributed by atoms with E-state index in [2.05, 4.69) is 42.0 Å². The Bertz CT molecular complexity index is 387. The van der Waals surface area contributed by atoms with Gasteiger partial charge in [-0.15, -0.1) is 0 Å². The molecule has 2 rings (SSSR count). The van der Waals surface area contributed by atoms with Crippen molar-refractivity contribution in [3.63, 3.8) is 0 Å². The Morgan fingerprint density at radius 2 is 1.95 bits per heavy atom. The third-order valence-corrected chi connectivity index (χ3v) is 4.11. The van der Waals surface area contributed by atoms with Crippen molar-refractivity contribution in [1.29, 1.82) is 0 Å². The van der Waals surface area contributed by atoms with Crippen molar-refractivity contribution in [2.24, 2.45) is 5.92 Å². The summed E-state index contributed by atoms with van der Waals surface area (Å²) >= 11 is 0. The highest BCUT2D eigenvalue weighted by atomic mass is 15.2. The zero-order valence-corrected chi connectivity index (χ0v) is 13.2. The number of rotatable bonds is 6. The summed E-state index contributed by atoms with van der Waals surface area (Å²) in [5, 5.41) is 3.33. The number of aromatic nitrogens is 2. The molecule has 20 heavy (non-hydrogen) atoms. The molecule has 0 aromatic carbocycles. The molecule has 0 aliphatic carbocycles. The molecule has 1 aliphatic heterocycles. The van der Waals surface area contributed by atoms with Gasteiger partial charge in [-0.2, -0.15) is 0 Å². The van der Waals surface area contributed by atoms with Gasteiger partial charge < -0.3 is 10.2 Å². The van der Waals surface area contributed by atoms with Crippen LogP contribution in [0.1, 0.15) is 52.3 Å². The third-order valence-electron chi connectivity index (χ3n) is 4.11. The van der Waals surface area contributed by atoms with E-state index < -0.39 is 0 Å². The van der Waals surface area contributed by atoms with Gasteiger partial charge >= 0.3 is 0 Å². The minimum atomic E-state index is 0.899. The van der Waals surface area contributed by atoms with Crippen LogP contribution in [0.2, 0.25) is 0 Å². The van der Waals surface area contributed by atoms with Gasteiger partial charge in [-0.1, -0.05) is 20.3 Å². The van der Waals surface area contributed by atoms with Crippen LogP contribution in [0.5, 0.6) is 0 Å². The number of nitrogens with one attached hydrogen (secondary N) is 1. The lowest BCUT2D eigenvalue weighted by molar-refractivity contribution is 0.393. The molecular weight excluding hydrogens is 248 g/mol. The average molecular weight is 276 g/mol. The van der Waals surface area contributed by atoms with Crippen LogP contribution in [0.4, 0.5) is 11.6 Å². The highest BCUT2D eigenvalue weighted by Crippen LogP contribution is 2.25. The first-order chi connectivity index (χ1) is 9.76. The van der Waals surface area contributed by atoms with Crippen LogP contribution >= 0.6 is 0 Å². The van der Waals surface area contributed by atoms with E-state index >= 15 is 0 Å². The molecule has 2 heterocycles. The van der Waals surface area contributed by atoms with Crippen molar-refractivity contribution in [2.75, 3.05) is 29.9 Å². The average Bonchev–Trinajstić information content (AvgIpc) is 2.48. The molecule has 4 nitrogen and oxygen atoms in total. The Labute approximate surface area is 123 Å². The predicted molar refractivity (Wildman–Crippen MR) is 85.4 cm³/mol. The van der Waals surface area contributed by atoms with Crippen LogP contribution in [0.3, 0.4) is 0 Å². The van der Waals surface area contributed by atoms with Crippen LogP contribution in [0.15, 0.2) is 6.07 Å². The summed E-state index contributed by atoms with van der Waals surface area (Å²) in [5.41, 5.74) is 0. The van der Waals surface area contributed by atoms with Gasteiger partial charge in [0.25, 0.3) is 0 Å². The first-order valence-corrected chi connectivity index (χ1v) is 8.13. The predicted octanol–water partition coefficient (Wildman–Crippen LogP) is 3.49. The Balaban J connectivity index is 2.13. The number of piperidine rings is 1. The van der Waals surface area contributed by atoms with Crippen molar-refractivity contribution in [2.45, 2.75) is 52.9 Å². The number of hydrogen-bond acceptors (Lipinski definition) is 4. The highest BCUT2D eigenvalue weighted by molar-refractivity contribution is 5.49. The van der Waals surface area contributed by atoms with E-state index in [0.29, 0.717) is 0 Å². The third kappa shape index (κ3) is 3.84. The Morgan fingerprint density at radius 1 is 1.20 bits per heavy atom. The zero-order valence-electron chi connectivity index (χ0n) is 13.2. The van der Waals surface area contributed by atoms with Crippen molar-refractivity contribution in [3.8, 4) is 0 Å². The summed E-state index contributed by atoms with van der Waals surface area (Å²) < 4.78 is 0. The van der Waals surface area contributed by atoms with E-state index in [1.807, 2.05) is 0 Å². The molecule has 0 atom stereocenters. The molecular formula is C16H28N4. The zero-order chi connectivity index (χ0) is 14.4. The summed E-state index contributed by atoms with van der Waals surface area (Å²) in [4.78, 5) is 11.8. The molecule has 112 valence electrons. The summed E-state index contributed by atoms with van der Waals surface area (Å²) in [5.74, 6) is 3.95. The van der Waals surface area contributed by atoms with Crippen LogP contribution in [-0.2, 0) is 6.42 Å². The van der Waals surface area contributed by atoms with Gasteiger partial charge in [-0.05, 0) is 32.1 Å². The second-order valence-corrected chi connectivity index (χ2v) is 5.65. The van der Waals surface area contributed by atoms with E-state index in [0.717, 1.165) is 55.9 Å². The maximum Gasteiger partial charge on any atom is 0.134 e. The maximum atomic E-state index is 4.75. The SMILES string of the molecule is CCCc1nc(NCC)cc(N2CCC(CC)CC2)n1. The van der Waals surface area contributed by atoms with Crippen molar-refractivity contribution in [1.82, 2.24) is 9.97 Å². The minimum absolute atomic E-state index is 0.899. The lowest BCUT2D eigenvalue weighted by Gasteiger charge is -2.32. The monoisotopic (exact) mass is 276 g/mol. The lowest BCUT2D eigenvalue weighted by atomic mass is 9.94. The normalized spacial score (nSPS) is 16.4. The Kier molecular flexibility index (Phi) is 5.62. The smallest absolute Gasteiger partial charge is 0.134 e. The minimum Gasteiger partial charge on any atom is -0.370 e. The molecule has 0 amide bonds. The van der Waals surface area contributed by atoms with Gasteiger partial charge in [-0.25, -0.2) is 9.97 Å². The summed E-state index contributed by atoms with van der Waals surface area (Å²) in [6.45, 7) is 9.75. The van der Waals surface area contributed by atoms with E-state index in [9.17, 15) is 0 Å². The largest absolute Gasteiger partial charge is 0.370 e. The van der Waals surface area contributed by atoms with E-state index in [-0.39, 0.29) is 0 Å². The van der Waals surface area contributed by atoms with Crippen molar-refractivity contribution in [3.05, 3.63) is 11.9 Å². The number of nitrogens with zero attached hydrogens (tertiary/aromatic N) is 3. The number of hydrogen-bond donors (Lipinski definition) is 1. The van der Waals surface area contributed by atoms with Crippen molar-refractivity contribution >= 4 is 11.6 Å². The van der Waals surface area contributed by atoms with Gasteiger partial charge in [0.2, 0.25) is 0 Å². The molecule has 1 N–H and O–H groups in total. The first kappa shape index (κ1) is 15.1. The van der Waals surface area contributed by atoms with Crippen LogP contribution in [-0.4, -0.2) is 29.6 Å². The van der Waals surface area contributed by atoms with Gasteiger partial charge in [0.15, 0.2) is 0 Å². The van der Waals surface area contributed by atoms with Gasteiger partial charge in [0.1, 0.15) is 17.5 Å². The second-order valence-electron chi connectivity index (χ2n) is 5.65. The highest BCUT2D eigenvalue weighted by Gasteiger charge is 2.19. The van der Waals surface area contributed by atoms with E-state index in [4.69, 9.17) is 4.98 Å². The maximum absolute atomic E-state index is 4.75. The summed E-state index contributed by atoms with van der Waals surface area (Å²) in [6, 6.07) is 2.11. The second kappa shape index (κ2) is 7.46. The summed E-state index contributed by atoms with van der Waals surface area (Å²) in [7, 11) is 0. The topological polar surface area (TPSA) is 41.1 Å². The molecule has 0 unspecified atom stereocenters. The van der Waals surface area contributed by atoms with Crippen LogP contribution in [0.25, 0.3) is 0 Å². The van der Waals surface area contributed by atoms with Crippen LogP contribution in [0, 0.1) is 5.92 Å². The first-order valence-electron chi connectivity index (χ1n) is 8.13. The quantitative estimate of drug-likeness (QED) is 0.863. The molecule has 1 aliphatic rings. The van der Waals surface area contributed by atoms with Gasteiger partial charge in [0, 0.05) is 32.1 Å². The Hall–Kier alpha value is -1.32. The number of aryl methyl sites for hydroxylation is 1. The van der Waals surface area contributed by atoms with E-state index in [1.165, 1.54) is 19.3 Å². The molecule has 0 bridgehead atoms. The van der Waals surface area contributed by atoms with Crippen LogP contribution < -0.4 is 10.2 Å². The van der Waals surface area contributed by atoms with Gasteiger partial charge in [0.05, 0.1) is 0 Å². The molecule has 0 radical (unpaired) electrons. The molecule has 0 spiro atoms. The van der Waals surface area contributed by atoms with Crippen molar-refractivity contribution < 1.29 is 0 Å². The fourth-order valence-corrected chi connectivity index (χ4v) is 2.82. The summed E-state index contributed by atoms with van der Waals surface area (Å²) in [6.07, 6.45) is 5.94. The van der Waals surface area contributed by atoms with Gasteiger partial charge in [-0.3, -0.25) is 0 Å². The standard InChI is InChI=1S/C16H28N4/c1-4-7-14-18-15(17-6-3)12-16(19-14)20-10-8-13(5-2)9-11-20/h12-13H,4-11H2,1-3H3,(H,17,18,19).